The molecule has 0 radical (unpaired) electrons. The Morgan fingerprint density at radius 1 is 1.23 bits per heavy atom. The quantitative estimate of drug-likeness (QED) is 0.845. The van der Waals surface area contributed by atoms with Gasteiger partial charge < -0.3 is 10.2 Å². The number of para-hydroxylation sites is 1. The number of rotatable bonds is 5. The Bertz CT molecular complexity index is 838. The molecule has 1 aliphatic rings. The minimum Gasteiger partial charge on any atom is -0.354 e. The van der Waals surface area contributed by atoms with E-state index in [9.17, 15) is 9.59 Å². The first-order valence-corrected chi connectivity index (χ1v) is 9.78. The van der Waals surface area contributed by atoms with Crippen LogP contribution >= 0.6 is 23.4 Å². The van der Waals surface area contributed by atoms with Gasteiger partial charge in [-0.25, -0.2) is 0 Å². The molecule has 4 nitrogen and oxygen atoms in total. The number of hydrogen-bond acceptors (Lipinski definition) is 3. The predicted octanol–water partition coefficient (Wildman–Crippen LogP) is 3.87. The van der Waals surface area contributed by atoms with E-state index in [-0.39, 0.29) is 23.8 Å². The molecule has 2 aromatic carbocycles. The topological polar surface area (TPSA) is 49.4 Å². The number of amides is 2. The number of carbonyl (C=O) groups excluding carboxylic acids is 2. The van der Waals surface area contributed by atoms with Gasteiger partial charge in [0.2, 0.25) is 11.8 Å². The summed E-state index contributed by atoms with van der Waals surface area (Å²) in [5.74, 6) is 0.145. The first-order chi connectivity index (χ1) is 12.4. The van der Waals surface area contributed by atoms with Gasteiger partial charge in [0, 0.05) is 21.9 Å². The molecular weight excluding hydrogens is 368 g/mol. The fourth-order valence-electron chi connectivity index (χ4n) is 2.86. The summed E-state index contributed by atoms with van der Waals surface area (Å²) in [5, 5.41) is 3.63. The lowest BCUT2D eigenvalue weighted by Gasteiger charge is -2.30. The summed E-state index contributed by atoms with van der Waals surface area (Å²) in [7, 11) is 0. The van der Waals surface area contributed by atoms with Crippen LogP contribution in [0.3, 0.4) is 0 Å². The highest BCUT2D eigenvalue weighted by Crippen LogP contribution is 2.34. The molecule has 6 heteroatoms. The summed E-state index contributed by atoms with van der Waals surface area (Å²) in [6.07, 6.45) is 0. The number of thioether (sulfide) groups is 1. The van der Waals surface area contributed by atoms with Crippen molar-refractivity contribution >= 4 is 40.9 Å². The number of fused-ring (bicyclic) bond motifs is 1. The zero-order valence-electron chi connectivity index (χ0n) is 14.8. The van der Waals surface area contributed by atoms with Crippen molar-refractivity contribution in [1.29, 1.82) is 0 Å². The Morgan fingerprint density at radius 3 is 2.77 bits per heavy atom. The van der Waals surface area contributed by atoms with Crippen molar-refractivity contribution in [2.24, 2.45) is 0 Å². The first kappa shape index (κ1) is 18.8. The van der Waals surface area contributed by atoms with Gasteiger partial charge in [0.25, 0.3) is 0 Å². The summed E-state index contributed by atoms with van der Waals surface area (Å²) in [5.41, 5.74) is 1.60. The second-order valence-electron chi connectivity index (χ2n) is 6.91. The van der Waals surface area contributed by atoms with E-state index < -0.39 is 0 Å². The molecule has 1 N–H and O–H groups in total. The third-order valence-electron chi connectivity index (χ3n) is 4.44. The molecule has 0 aliphatic carbocycles. The van der Waals surface area contributed by atoms with Crippen molar-refractivity contribution in [2.45, 2.75) is 24.2 Å². The predicted molar refractivity (Wildman–Crippen MR) is 107 cm³/mol. The zero-order valence-corrected chi connectivity index (χ0v) is 16.4. The van der Waals surface area contributed by atoms with Gasteiger partial charge in [0.05, 0.1) is 11.4 Å². The van der Waals surface area contributed by atoms with E-state index in [1.54, 1.807) is 4.90 Å². The van der Waals surface area contributed by atoms with E-state index in [1.807, 2.05) is 48.5 Å². The monoisotopic (exact) mass is 388 g/mol. The molecule has 0 saturated carbocycles. The van der Waals surface area contributed by atoms with Gasteiger partial charge in [-0.05, 0) is 29.8 Å². The SMILES string of the molecule is CC(C)(CNC(=O)CN1C(=O)CSc2ccccc21)c1cccc(Cl)c1. The molecule has 0 spiro atoms. The smallest absolute Gasteiger partial charge is 0.240 e. The molecule has 0 atom stereocenters. The van der Waals surface area contributed by atoms with Crippen LogP contribution in [0.15, 0.2) is 53.4 Å². The Balaban J connectivity index is 1.65. The van der Waals surface area contributed by atoms with Gasteiger partial charge in [-0.1, -0.05) is 49.7 Å². The standard InChI is InChI=1S/C20H21ClN2O2S/c1-20(2,14-6-5-7-15(21)10-14)13-22-18(24)11-23-16-8-3-4-9-17(16)26-12-19(23)25/h3-10H,11-13H2,1-2H3,(H,22,24). The lowest BCUT2D eigenvalue weighted by atomic mass is 9.84. The fourth-order valence-corrected chi connectivity index (χ4v) is 3.98. The second kappa shape index (κ2) is 7.72. The average Bonchev–Trinajstić information content (AvgIpc) is 2.62. The summed E-state index contributed by atoms with van der Waals surface area (Å²) in [6, 6.07) is 15.3. The summed E-state index contributed by atoms with van der Waals surface area (Å²) >= 11 is 7.58. The molecule has 2 aromatic rings. The highest BCUT2D eigenvalue weighted by Gasteiger charge is 2.27. The minimum atomic E-state index is -0.264. The number of halogens is 1. The van der Waals surface area contributed by atoms with Crippen LogP contribution in [0, 0.1) is 0 Å². The van der Waals surface area contributed by atoms with Crippen LogP contribution in [0.1, 0.15) is 19.4 Å². The van der Waals surface area contributed by atoms with Gasteiger partial charge in [0.15, 0.2) is 0 Å². The number of nitrogens with zero attached hydrogens (tertiary/aromatic N) is 1. The van der Waals surface area contributed by atoms with E-state index in [4.69, 9.17) is 11.6 Å². The highest BCUT2D eigenvalue weighted by molar-refractivity contribution is 8.00. The van der Waals surface area contributed by atoms with E-state index in [0.29, 0.717) is 17.3 Å². The van der Waals surface area contributed by atoms with Crippen molar-refractivity contribution < 1.29 is 9.59 Å². The normalized spacial score (nSPS) is 14.1. The molecule has 3 rings (SSSR count). The van der Waals surface area contributed by atoms with Crippen molar-refractivity contribution in [3.8, 4) is 0 Å². The minimum absolute atomic E-state index is 0.0298. The van der Waals surface area contributed by atoms with Crippen LogP contribution in [0.2, 0.25) is 5.02 Å². The van der Waals surface area contributed by atoms with Crippen molar-refractivity contribution in [1.82, 2.24) is 5.32 Å². The molecule has 1 heterocycles. The van der Waals surface area contributed by atoms with Gasteiger partial charge in [-0.15, -0.1) is 11.8 Å². The third-order valence-corrected chi connectivity index (χ3v) is 5.73. The number of carbonyl (C=O) groups is 2. The fraction of sp³-hybridized carbons (Fsp3) is 0.300. The number of benzene rings is 2. The van der Waals surface area contributed by atoms with Crippen LogP contribution in [-0.2, 0) is 15.0 Å². The zero-order chi connectivity index (χ0) is 18.7. The van der Waals surface area contributed by atoms with Crippen LogP contribution in [0.5, 0.6) is 0 Å². The molecule has 26 heavy (non-hydrogen) atoms. The van der Waals surface area contributed by atoms with Crippen LogP contribution in [0.25, 0.3) is 0 Å². The van der Waals surface area contributed by atoms with Crippen molar-refractivity contribution in [3.63, 3.8) is 0 Å². The molecule has 136 valence electrons. The second-order valence-corrected chi connectivity index (χ2v) is 8.36. The number of anilines is 1. The van der Waals surface area contributed by atoms with E-state index in [0.717, 1.165) is 16.1 Å². The molecular formula is C20H21ClN2O2S. The summed E-state index contributed by atoms with van der Waals surface area (Å²) in [6.45, 7) is 4.60. The maximum absolute atomic E-state index is 12.5. The van der Waals surface area contributed by atoms with Gasteiger partial charge >= 0.3 is 0 Å². The van der Waals surface area contributed by atoms with E-state index >= 15 is 0 Å². The Hall–Kier alpha value is -1.98. The number of nitrogens with one attached hydrogen (secondary N) is 1. The van der Waals surface area contributed by atoms with E-state index in [1.165, 1.54) is 11.8 Å². The maximum atomic E-state index is 12.5. The Morgan fingerprint density at radius 2 is 2.00 bits per heavy atom. The summed E-state index contributed by atoms with van der Waals surface area (Å²) in [4.78, 5) is 27.3. The van der Waals surface area contributed by atoms with Crippen LogP contribution in [-0.4, -0.2) is 30.7 Å². The molecule has 1 aliphatic heterocycles. The van der Waals surface area contributed by atoms with Gasteiger partial charge in [-0.3, -0.25) is 9.59 Å². The van der Waals surface area contributed by atoms with Crippen LogP contribution < -0.4 is 10.2 Å². The van der Waals surface area contributed by atoms with Crippen molar-refractivity contribution in [2.75, 3.05) is 23.7 Å². The largest absolute Gasteiger partial charge is 0.354 e. The highest BCUT2D eigenvalue weighted by atomic mass is 35.5. The average molecular weight is 389 g/mol. The van der Waals surface area contributed by atoms with Gasteiger partial charge in [-0.2, -0.15) is 0 Å². The van der Waals surface area contributed by atoms with Crippen LogP contribution in [0.4, 0.5) is 5.69 Å². The molecule has 0 fully saturated rings. The first-order valence-electron chi connectivity index (χ1n) is 8.42. The maximum Gasteiger partial charge on any atom is 0.240 e. The molecule has 0 bridgehead atoms. The molecule has 0 unspecified atom stereocenters. The molecule has 2 amide bonds. The molecule has 0 saturated heterocycles. The lowest BCUT2D eigenvalue weighted by Crippen LogP contribution is -2.45. The Labute approximate surface area is 162 Å². The molecule has 0 aromatic heterocycles. The number of hydrogen-bond donors (Lipinski definition) is 1. The van der Waals surface area contributed by atoms with E-state index in [2.05, 4.69) is 19.2 Å². The summed E-state index contributed by atoms with van der Waals surface area (Å²) < 4.78 is 0. The lowest BCUT2D eigenvalue weighted by molar-refractivity contribution is -0.123. The van der Waals surface area contributed by atoms with Gasteiger partial charge in [0.1, 0.15) is 6.54 Å². The van der Waals surface area contributed by atoms with Crippen molar-refractivity contribution in [3.05, 3.63) is 59.1 Å². The third kappa shape index (κ3) is 4.22. The Kier molecular flexibility index (Phi) is 5.58.